The average Bonchev–Trinajstić information content (AvgIpc) is 3.15. The van der Waals surface area contributed by atoms with Crippen LogP contribution in [0.25, 0.3) is 0 Å². The van der Waals surface area contributed by atoms with Crippen LogP contribution in [0.2, 0.25) is 5.02 Å². The first-order valence-corrected chi connectivity index (χ1v) is 9.43. The zero-order chi connectivity index (χ0) is 18.5. The number of hydrogen-bond donors (Lipinski definition) is 0. The van der Waals surface area contributed by atoms with Crippen LogP contribution in [-0.2, 0) is 5.75 Å². The number of aliphatic imine (C=N–C) groups is 1. The Kier molecular flexibility index (Phi) is 6.06. The third-order valence-electron chi connectivity index (χ3n) is 3.93. The van der Waals surface area contributed by atoms with Gasteiger partial charge in [-0.25, -0.2) is 0 Å². The number of amidine groups is 1. The van der Waals surface area contributed by atoms with Gasteiger partial charge in [0.15, 0.2) is 5.17 Å². The molecule has 7 heteroatoms. The highest BCUT2D eigenvalue weighted by Gasteiger charge is 2.26. The molecule has 26 heavy (non-hydrogen) atoms. The highest BCUT2D eigenvalue weighted by Crippen LogP contribution is 2.26. The van der Waals surface area contributed by atoms with Gasteiger partial charge in [0.2, 0.25) is 0 Å². The predicted molar refractivity (Wildman–Crippen MR) is 106 cm³/mol. The van der Waals surface area contributed by atoms with Crippen LogP contribution < -0.4 is 9.47 Å². The quantitative estimate of drug-likeness (QED) is 0.771. The van der Waals surface area contributed by atoms with Crippen molar-refractivity contribution in [2.75, 3.05) is 27.3 Å². The van der Waals surface area contributed by atoms with Crippen LogP contribution in [-0.4, -0.2) is 43.3 Å². The van der Waals surface area contributed by atoms with Gasteiger partial charge in [-0.15, -0.1) is 0 Å². The van der Waals surface area contributed by atoms with Crippen molar-refractivity contribution in [3.05, 3.63) is 58.6 Å². The summed E-state index contributed by atoms with van der Waals surface area (Å²) in [5.74, 6) is 1.78. The number of halogens is 1. The lowest BCUT2D eigenvalue weighted by atomic mass is 10.1. The summed E-state index contributed by atoms with van der Waals surface area (Å²) in [6.45, 7) is 1.18. The van der Waals surface area contributed by atoms with Crippen LogP contribution in [0.1, 0.15) is 15.9 Å². The molecule has 3 rings (SSSR count). The normalized spacial score (nSPS) is 13.5. The lowest BCUT2D eigenvalue weighted by Gasteiger charge is -2.18. The Bertz CT molecular complexity index is 802. The van der Waals surface area contributed by atoms with Gasteiger partial charge in [0, 0.05) is 29.0 Å². The van der Waals surface area contributed by atoms with E-state index in [-0.39, 0.29) is 5.91 Å². The van der Waals surface area contributed by atoms with Gasteiger partial charge in [0.25, 0.3) is 5.91 Å². The number of rotatable bonds is 5. The van der Waals surface area contributed by atoms with Crippen LogP contribution in [0.3, 0.4) is 0 Å². The second kappa shape index (κ2) is 8.47. The van der Waals surface area contributed by atoms with E-state index in [4.69, 9.17) is 21.1 Å². The van der Waals surface area contributed by atoms with E-state index in [0.717, 1.165) is 16.5 Å². The number of benzene rings is 2. The van der Waals surface area contributed by atoms with Gasteiger partial charge in [0.1, 0.15) is 11.5 Å². The van der Waals surface area contributed by atoms with Crippen LogP contribution in [0, 0.1) is 0 Å². The molecular formula is C19H19ClN2O3S. The van der Waals surface area contributed by atoms with Crippen molar-refractivity contribution in [2.45, 2.75) is 5.75 Å². The molecule has 2 aromatic rings. The Morgan fingerprint density at radius 2 is 1.81 bits per heavy atom. The van der Waals surface area contributed by atoms with Gasteiger partial charge in [-0.3, -0.25) is 14.7 Å². The molecule has 1 aliphatic rings. The number of amides is 1. The molecule has 0 saturated heterocycles. The summed E-state index contributed by atoms with van der Waals surface area (Å²) >= 11 is 7.46. The van der Waals surface area contributed by atoms with Crippen molar-refractivity contribution in [1.29, 1.82) is 0 Å². The van der Waals surface area contributed by atoms with Gasteiger partial charge in [-0.05, 0) is 29.8 Å². The molecule has 0 aliphatic carbocycles. The molecule has 0 N–H and O–H groups in total. The van der Waals surface area contributed by atoms with Crippen LogP contribution in [0.5, 0.6) is 11.5 Å². The predicted octanol–water partition coefficient (Wildman–Crippen LogP) is 4.10. The van der Waals surface area contributed by atoms with E-state index in [1.165, 1.54) is 0 Å². The van der Waals surface area contributed by atoms with Crippen LogP contribution >= 0.6 is 23.4 Å². The Morgan fingerprint density at radius 3 is 2.42 bits per heavy atom. The molecule has 1 aliphatic heterocycles. The number of thioether (sulfide) groups is 1. The lowest BCUT2D eigenvalue weighted by molar-refractivity contribution is 0.0860. The second-order valence-corrected chi connectivity index (χ2v) is 7.02. The Balaban J connectivity index is 1.72. The lowest BCUT2D eigenvalue weighted by Crippen LogP contribution is -2.32. The van der Waals surface area contributed by atoms with Gasteiger partial charge in [-0.1, -0.05) is 35.5 Å². The van der Waals surface area contributed by atoms with E-state index in [1.54, 1.807) is 49.1 Å². The molecule has 0 atom stereocenters. The van der Waals surface area contributed by atoms with Crippen molar-refractivity contribution in [3.63, 3.8) is 0 Å². The number of methoxy groups -OCH3 is 2. The van der Waals surface area contributed by atoms with E-state index < -0.39 is 0 Å². The Hall–Kier alpha value is -2.18. The van der Waals surface area contributed by atoms with Gasteiger partial charge in [-0.2, -0.15) is 0 Å². The minimum atomic E-state index is -0.109. The van der Waals surface area contributed by atoms with Crippen molar-refractivity contribution in [3.8, 4) is 11.5 Å². The monoisotopic (exact) mass is 390 g/mol. The Morgan fingerprint density at radius 1 is 1.15 bits per heavy atom. The van der Waals surface area contributed by atoms with E-state index in [9.17, 15) is 4.79 Å². The van der Waals surface area contributed by atoms with Crippen molar-refractivity contribution < 1.29 is 14.3 Å². The maximum absolute atomic E-state index is 13.0. The molecule has 0 spiro atoms. The molecule has 0 bridgehead atoms. The maximum atomic E-state index is 13.0. The number of carbonyl (C=O) groups is 1. The zero-order valence-electron chi connectivity index (χ0n) is 14.6. The fourth-order valence-corrected chi connectivity index (χ4v) is 3.68. The standard InChI is InChI=1S/C19H19ClN2O3S/c1-24-16-9-14(10-17(11-16)25-2)18(23)22-8-7-21-19(22)26-12-13-3-5-15(20)6-4-13/h3-6,9-11H,7-8,12H2,1-2H3. The Labute approximate surface area is 162 Å². The molecule has 0 radical (unpaired) electrons. The molecule has 0 fully saturated rings. The SMILES string of the molecule is COc1cc(OC)cc(C(=O)N2CCN=C2SCc2ccc(Cl)cc2)c1. The third kappa shape index (κ3) is 4.31. The number of hydrogen-bond acceptors (Lipinski definition) is 5. The summed E-state index contributed by atoms with van der Waals surface area (Å²) in [5.41, 5.74) is 1.65. The van der Waals surface area contributed by atoms with E-state index in [0.29, 0.717) is 35.2 Å². The fraction of sp³-hybridized carbons (Fsp3) is 0.263. The van der Waals surface area contributed by atoms with Crippen molar-refractivity contribution in [2.24, 2.45) is 4.99 Å². The molecule has 5 nitrogen and oxygen atoms in total. The smallest absolute Gasteiger partial charge is 0.260 e. The molecule has 2 aromatic carbocycles. The summed E-state index contributed by atoms with van der Waals surface area (Å²) in [5, 5.41) is 1.44. The van der Waals surface area contributed by atoms with Crippen molar-refractivity contribution >= 4 is 34.4 Å². The number of carbonyl (C=O) groups excluding carboxylic acids is 1. The highest BCUT2D eigenvalue weighted by molar-refractivity contribution is 8.13. The summed E-state index contributed by atoms with van der Waals surface area (Å²) in [6.07, 6.45) is 0. The number of ether oxygens (including phenoxy) is 2. The number of nitrogens with zero attached hydrogens (tertiary/aromatic N) is 2. The van der Waals surface area contributed by atoms with Gasteiger partial charge in [0.05, 0.1) is 20.8 Å². The topological polar surface area (TPSA) is 51.1 Å². The summed E-state index contributed by atoms with van der Waals surface area (Å²) in [4.78, 5) is 19.1. The van der Waals surface area contributed by atoms with E-state index in [2.05, 4.69) is 4.99 Å². The molecule has 136 valence electrons. The van der Waals surface area contributed by atoms with Gasteiger partial charge >= 0.3 is 0 Å². The molecule has 0 saturated carbocycles. The maximum Gasteiger partial charge on any atom is 0.260 e. The molecular weight excluding hydrogens is 372 g/mol. The van der Waals surface area contributed by atoms with Gasteiger partial charge < -0.3 is 9.47 Å². The highest BCUT2D eigenvalue weighted by atomic mass is 35.5. The van der Waals surface area contributed by atoms with Crippen LogP contribution in [0.15, 0.2) is 47.5 Å². The average molecular weight is 391 g/mol. The minimum Gasteiger partial charge on any atom is -0.497 e. The molecule has 0 aromatic heterocycles. The fourth-order valence-electron chi connectivity index (χ4n) is 2.55. The first-order valence-electron chi connectivity index (χ1n) is 8.07. The first kappa shape index (κ1) is 18.6. The largest absolute Gasteiger partial charge is 0.497 e. The molecule has 0 unspecified atom stereocenters. The zero-order valence-corrected chi connectivity index (χ0v) is 16.1. The summed E-state index contributed by atoms with van der Waals surface area (Å²) in [7, 11) is 3.13. The second-order valence-electron chi connectivity index (χ2n) is 5.64. The molecule has 1 amide bonds. The third-order valence-corrected chi connectivity index (χ3v) is 5.26. The van der Waals surface area contributed by atoms with Crippen molar-refractivity contribution in [1.82, 2.24) is 4.90 Å². The summed E-state index contributed by atoms with van der Waals surface area (Å²) in [6, 6.07) is 12.8. The van der Waals surface area contributed by atoms with E-state index in [1.807, 2.05) is 24.3 Å². The molecule has 1 heterocycles. The van der Waals surface area contributed by atoms with E-state index >= 15 is 0 Å². The summed E-state index contributed by atoms with van der Waals surface area (Å²) < 4.78 is 10.5. The van der Waals surface area contributed by atoms with Crippen LogP contribution in [0.4, 0.5) is 0 Å². The first-order chi connectivity index (χ1) is 12.6. The minimum absolute atomic E-state index is 0.109.